The molecular weight excluding hydrogens is 310 g/mol. The van der Waals surface area contributed by atoms with E-state index < -0.39 is 0 Å². The number of benzene rings is 1. The quantitative estimate of drug-likeness (QED) is 0.843. The van der Waals surface area contributed by atoms with Crippen LogP contribution in [0.5, 0.6) is 5.75 Å². The van der Waals surface area contributed by atoms with E-state index in [0.29, 0.717) is 39.0 Å². The Hall–Kier alpha value is -1.07. The van der Waals surface area contributed by atoms with E-state index in [1.807, 2.05) is 24.3 Å². The van der Waals surface area contributed by atoms with Crippen molar-refractivity contribution in [2.24, 2.45) is 0 Å². The molecule has 1 saturated heterocycles. The molecule has 1 aromatic carbocycles. The lowest BCUT2D eigenvalue weighted by molar-refractivity contribution is -0.130. The summed E-state index contributed by atoms with van der Waals surface area (Å²) in [5, 5.41) is 9.37. The summed E-state index contributed by atoms with van der Waals surface area (Å²) in [4.78, 5) is 13.5. The Morgan fingerprint density at radius 2 is 2.16 bits per heavy atom. The number of amides is 1. The van der Waals surface area contributed by atoms with Crippen LogP contribution in [0.15, 0.2) is 28.7 Å². The molecule has 4 nitrogen and oxygen atoms in total. The van der Waals surface area contributed by atoms with Gasteiger partial charge in [0.15, 0.2) is 0 Å². The molecule has 104 valence electrons. The second kappa shape index (κ2) is 6.91. The van der Waals surface area contributed by atoms with Gasteiger partial charge in [-0.25, -0.2) is 0 Å². The van der Waals surface area contributed by atoms with Gasteiger partial charge in [-0.05, 0) is 37.1 Å². The standard InChI is InChI=1S/C14H18BrNO3/c15-11-3-5-13(6-4-11)19-9-1-2-14(18)16-8-7-12(17)10-16/h3-6,12,17H,1-2,7-10H2/t12-/m0/s1. The highest BCUT2D eigenvalue weighted by Crippen LogP contribution is 2.16. The molecule has 1 aliphatic rings. The number of carbonyl (C=O) groups is 1. The molecule has 1 N–H and O–H groups in total. The molecular formula is C14H18BrNO3. The van der Waals surface area contributed by atoms with Crippen molar-refractivity contribution in [3.8, 4) is 5.75 Å². The van der Waals surface area contributed by atoms with E-state index in [9.17, 15) is 9.90 Å². The number of likely N-dealkylation sites (tertiary alicyclic amines) is 1. The minimum absolute atomic E-state index is 0.107. The van der Waals surface area contributed by atoms with Crippen molar-refractivity contribution in [2.45, 2.75) is 25.4 Å². The maximum atomic E-state index is 11.8. The number of rotatable bonds is 5. The number of carbonyl (C=O) groups excluding carboxylic acids is 1. The Bertz CT molecular complexity index is 421. The maximum Gasteiger partial charge on any atom is 0.222 e. The average molecular weight is 328 g/mol. The summed E-state index contributed by atoms with van der Waals surface area (Å²) < 4.78 is 6.57. The molecule has 0 aromatic heterocycles. The Morgan fingerprint density at radius 1 is 1.42 bits per heavy atom. The SMILES string of the molecule is O=C(CCCOc1ccc(Br)cc1)N1CC[C@H](O)C1. The topological polar surface area (TPSA) is 49.8 Å². The Balaban J connectivity index is 1.64. The van der Waals surface area contributed by atoms with Crippen LogP contribution in [0, 0.1) is 0 Å². The fourth-order valence-corrected chi connectivity index (χ4v) is 2.34. The van der Waals surface area contributed by atoms with Crippen molar-refractivity contribution >= 4 is 21.8 Å². The van der Waals surface area contributed by atoms with Crippen LogP contribution in [0.2, 0.25) is 0 Å². The average Bonchev–Trinajstić information content (AvgIpc) is 2.83. The van der Waals surface area contributed by atoms with Gasteiger partial charge < -0.3 is 14.7 Å². The largest absolute Gasteiger partial charge is 0.494 e. The molecule has 0 bridgehead atoms. The fraction of sp³-hybridized carbons (Fsp3) is 0.500. The van der Waals surface area contributed by atoms with E-state index in [1.54, 1.807) is 4.90 Å². The van der Waals surface area contributed by atoms with E-state index in [4.69, 9.17) is 4.74 Å². The van der Waals surface area contributed by atoms with Crippen LogP contribution in [0.4, 0.5) is 0 Å². The molecule has 2 rings (SSSR count). The first kappa shape index (κ1) is 14.3. The van der Waals surface area contributed by atoms with Crippen LogP contribution >= 0.6 is 15.9 Å². The van der Waals surface area contributed by atoms with Gasteiger partial charge in [-0.3, -0.25) is 4.79 Å². The molecule has 1 aliphatic heterocycles. The van der Waals surface area contributed by atoms with Gasteiger partial charge in [-0.2, -0.15) is 0 Å². The highest BCUT2D eigenvalue weighted by Gasteiger charge is 2.23. The number of nitrogens with zero attached hydrogens (tertiary/aromatic N) is 1. The van der Waals surface area contributed by atoms with Gasteiger partial charge in [0.05, 0.1) is 12.7 Å². The van der Waals surface area contributed by atoms with Crippen molar-refractivity contribution in [2.75, 3.05) is 19.7 Å². The van der Waals surface area contributed by atoms with Crippen LogP contribution in [0.1, 0.15) is 19.3 Å². The van der Waals surface area contributed by atoms with E-state index in [2.05, 4.69) is 15.9 Å². The highest BCUT2D eigenvalue weighted by molar-refractivity contribution is 9.10. The molecule has 1 heterocycles. The number of aliphatic hydroxyl groups is 1. The summed E-state index contributed by atoms with van der Waals surface area (Å²) in [5.41, 5.74) is 0. The van der Waals surface area contributed by atoms with E-state index in [0.717, 1.165) is 10.2 Å². The Kier molecular flexibility index (Phi) is 5.22. The second-order valence-electron chi connectivity index (χ2n) is 4.69. The lowest BCUT2D eigenvalue weighted by atomic mass is 10.3. The number of β-amino-alcohol motifs (C(OH)–C–C–N with tert-alkyl or cyclic N) is 1. The van der Waals surface area contributed by atoms with Gasteiger partial charge in [0.25, 0.3) is 0 Å². The first-order valence-electron chi connectivity index (χ1n) is 6.49. The molecule has 1 amide bonds. The predicted molar refractivity (Wildman–Crippen MR) is 76.1 cm³/mol. The zero-order valence-corrected chi connectivity index (χ0v) is 12.3. The van der Waals surface area contributed by atoms with E-state index in [-0.39, 0.29) is 12.0 Å². The fourth-order valence-electron chi connectivity index (χ4n) is 2.07. The van der Waals surface area contributed by atoms with Gasteiger partial charge in [-0.1, -0.05) is 15.9 Å². The molecule has 1 aromatic rings. The summed E-state index contributed by atoms with van der Waals surface area (Å²) in [6, 6.07) is 7.63. The summed E-state index contributed by atoms with van der Waals surface area (Å²) in [6.07, 6.45) is 1.52. The van der Waals surface area contributed by atoms with Crippen molar-refractivity contribution in [1.29, 1.82) is 0 Å². The van der Waals surface area contributed by atoms with Gasteiger partial charge in [-0.15, -0.1) is 0 Å². The molecule has 1 atom stereocenters. The van der Waals surface area contributed by atoms with Gasteiger partial charge in [0.2, 0.25) is 5.91 Å². The predicted octanol–water partition coefficient (Wildman–Crippen LogP) is 2.20. The summed E-state index contributed by atoms with van der Waals surface area (Å²) in [7, 11) is 0. The molecule has 0 saturated carbocycles. The molecule has 0 spiro atoms. The lowest BCUT2D eigenvalue weighted by Gasteiger charge is -2.15. The smallest absolute Gasteiger partial charge is 0.222 e. The number of aliphatic hydroxyl groups excluding tert-OH is 1. The Morgan fingerprint density at radius 3 is 2.79 bits per heavy atom. The Labute approximate surface area is 121 Å². The van der Waals surface area contributed by atoms with E-state index in [1.165, 1.54) is 0 Å². The molecule has 0 radical (unpaired) electrons. The normalized spacial score (nSPS) is 18.6. The zero-order valence-electron chi connectivity index (χ0n) is 10.7. The summed E-state index contributed by atoms with van der Waals surface area (Å²) in [6.45, 7) is 1.68. The van der Waals surface area contributed by atoms with Gasteiger partial charge in [0, 0.05) is 24.0 Å². The first-order chi connectivity index (χ1) is 9.15. The third-order valence-electron chi connectivity index (χ3n) is 3.13. The van der Waals surface area contributed by atoms with Crippen LogP contribution < -0.4 is 4.74 Å². The molecule has 1 fully saturated rings. The lowest BCUT2D eigenvalue weighted by Crippen LogP contribution is -2.29. The summed E-state index contributed by atoms with van der Waals surface area (Å²) >= 11 is 3.36. The first-order valence-corrected chi connectivity index (χ1v) is 7.28. The highest BCUT2D eigenvalue weighted by atomic mass is 79.9. The van der Waals surface area contributed by atoms with Gasteiger partial charge >= 0.3 is 0 Å². The van der Waals surface area contributed by atoms with Crippen molar-refractivity contribution < 1.29 is 14.6 Å². The van der Waals surface area contributed by atoms with Gasteiger partial charge in [0.1, 0.15) is 5.75 Å². The molecule has 0 aliphatic carbocycles. The van der Waals surface area contributed by atoms with Crippen LogP contribution in [0.3, 0.4) is 0 Å². The van der Waals surface area contributed by atoms with Crippen molar-refractivity contribution in [3.05, 3.63) is 28.7 Å². The minimum atomic E-state index is -0.344. The molecule has 0 unspecified atom stereocenters. The number of hydrogen-bond donors (Lipinski definition) is 1. The summed E-state index contributed by atoms with van der Waals surface area (Å²) in [5.74, 6) is 0.920. The second-order valence-corrected chi connectivity index (χ2v) is 5.60. The number of ether oxygens (including phenoxy) is 1. The van der Waals surface area contributed by atoms with Crippen LogP contribution in [-0.4, -0.2) is 41.7 Å². The number of hydrogen-bond acceptors (Lipinski definition) is 3. The maximum absolute atomic E-state index is 11.8. The number of halogens is 1. The third-order valence-corrected chi connectivity index (χ3v) is 3.66. The van der Waals surface area contributed by atoms with E-state index >= 15 is 0 Å². The molecule has 5 heteroatoms. The van der Waals surface area contributed by atoms with Crippen molar-refractivity contribution in [3.63, 3.8) is 0 Å². The zero-order chi connectivity index (χ0) is 13.7. The third kappa shape index (κ3) is 4.51. The molecule has 19 heavy (non-hydrogen) atoms. The van der Waals surface area contributed by atoms with Crippen molar-refractivity contribution in [1.82, 2.24) is 4.90 Å². The minimum Gasteiger partial charge on any atom is -0.494 e. The monoisotopic (exact) mass is 327 g/mol. The van der Waals surface area contributed by atoms with Crippen LogP contribution in [-0.2, 0) is 4.79 Å². The van der Waals surface area contributed by atoms with Crippen LogP contribution in [0.25, 0.3) is 0 Å².